The lowest BCUT2D eigenvalue weighted by Gasteiger charge is -2.12. The normalized spacial score (nSPS) is 11.9. The molecule has 6 nitrogen and oxygen atoms in total. The van der Waals surface area contributed by atoms with Gasteiger partial charge in [-0.25, -0.2) is 9.59 Å². The highest BCUT2D eigenvalue weighted by Gasteiger charge is 2.15. The van der Waals surface area contributed by atoms with Crippen LogP contribution in [0.2, 0.25) is 0 Å². The summed E-state index contributed by atoms with van der Waals surface area (Å²) in [6.45, 7) is 5.55. The number of nitrogens with one attached hydrogen (secondary N) is 3. The maximum absolute atomic E-state index is 11.5. The molecule has 0 aromatic carbocycles. The number of carbonyl (C=O) groups is 2. The van der Waals surface area contributed by atoms with Crippen molar-refractivity contribution >= 4 is 17.7 Å². The van der Waals surface area contributed by atoms with Crippen molar-refractivity contribution in [2.45, 2.75) is 33.2 Å². The number of hydrogen-bond acceptors (Lipinski definition) is 2. The molecule has 2 amide bonds. The zero-order valence-electron chi connectivity index (χ0n) is 10.1. The summed E-state index contributed by atoms with van der Waals surface area (Å²) in [5.41, 5.74) is 0.943. The van der Waals surface area contributed by atoms with E-state index >= 15 is 0 Å². The van der Waals surface area contributed by atoms with Gasteiger partial charge >= 0.3 is 12.0 Å². The number of aryl methyl sites for hydroxylation is 1. The summed E-state index contributed by atoms with van der Waals surface area (Å²) >= 11 is 0. The molecule has 0 bridgehead atoms. The van der Waals surface area contributed by atoms with Crippen molar-refractivity contribution in [3.05, 3.63) is 17.5 Å². The fourth-order valence-electron chi connectivity index (χ4n) is 1.34. The third-order valence-electron chi connectivity index (χ3n) is 2.40. The van der Waals surface area contributed by atoms with Gasteiger partial charge in [-0.15, -0.1) is 0 Å². The second-order valence-electron chi connectivity index (χ2n) is 3.95. The maximum atomic E-state index is 11.5. The molecule has 0 fully saturated rings. The fraction of sp³-hybridized carbons (Fsp3) is 0.455. The smallest absolute Gasteiger partial charge is 0.354 e. The number of amides is 2. The van der Waals surface area contributed by atoms with Crippen LogP contribution in [-0.2, 0) is 0 Å². The van der Waals surface area contributed by atoms with Crippen LogP contribution in [0.5, 0.6) is 0 Å². The molecule has 0 aliphatic carbocycles. The number of hydrogen-bond donors (Lipinski definition) is 4. The number of carboxylic acids is 1. The molecular formula is C11H17N3O3. The lowest BCUT2D eigenvalue weighted by molar-refractivity contribution is 0.0692. The largest absolute Gasteiger partial charge is 0.477 e. The predicted octanol–water partition coefficient (Wildman–Crippen LogP) is 1.94. The van der Waals surface area contributed by atoms with Crippen LogP contribution in [0, 0.1) is 6.92 Å². The summed E-state index contributed by atoms with van der Waals surface area (Å²) in [4.78, 5) is 25.1. The number of urea groups is 1. The molecule has 1 aromatic heterocycles. The highest BCUT2D eigenvalue weighted by molar-refractivity contribution is 5.99. The molecular weight excluding hydrogens is 222 g/mol. The number of aromatic nitrogens is 1. The Morgan fingerprint density at radius 2 is 2.18 bits per heavy atom. The van der Waals surface area contributed by atoms with Crippen LogP contribution < -0.4 is 10.6 Å². The van der Waals surface area contributed by atoms with Gasteiger partial charge in [0.05, 0.1) is 5.69 Å². The summed E-state index contributed by atoms with van der Waals surface area (Å²) in [5.74, 6) is -1.10. The zero-order valence-corrected chi connectivity index (χ0v) is 10.1. The molecule has 0 spiro atoms. The van der Waals surface area contributed by atoms with Gasteiger partial charge in [0.2, 0.25) is 0 Å². The fourth-order valence-corrected chi connectivity index (χ4v) is 1.34. The van der Waals surface area contributed by atoms with Crippen LogP contribution in [0.3, 0.4) is 0 Å². The van der Waals surface area contributed by atoms with Gasteiger partial charge in [-0.2, -0.15) is 0 Å². The third kappa shape index (κ3) is 3.51. The SMILES string of the molecule is CCC(C)NC(=O)Nc1cc(C)[nH]c1C(=O)O. The van der Waals surface area contributed by atoms with Crippen molar-refractivity contribution in [2.75, 3.05) is 5.32 Å². The molecule has 1 unspecified atom stereocenters. The quantitative estimate of drug-likeness (QED) is 0.646. The van der Waals surface area contributed by atoms with Crippen LogP contribution in [0.25, 0.3) is 0 Å². The zero-order chi connectivity index (χ0) is 13.0. The molecule has 1 aromatic rings. The number of H-pyrrole nitrogens is 1. The van der Waals surface area contributed by atoms with Crippen molar-refractivity contribution in [1.29, 1.82) is 0 Å². The van der Waals surface area contributed by atoms with Crippen molar-refractivity contribution in [1.82, 2.24) is 10.3 Å². The topological polar surface area (TPSA) is 94.2 Å². The molecule has 1 atom stereocenters. The Morgan fingerprint density at radius 3 is 2.71 bits per heavy atom. The summed E-state index contributed by atoms with van der Waals surface area (Å²) in [6.07, 6.45) is 0.811. The average Bonchev–Trinajstić information content (AvgIpc) is 2.59. The second kappa shape index (κ2) is 5.38. The minimum absolute atomic E-state index is 0.0122. The van der Waals surface area contributed by atoms with E-state index in [9.17, 15) is 9.59 Å². The number of carbonyl (C=O) groups excluding carboxylic acids is 1. The number of anilines is 1. The molecule has 94 valence electrons. The Labute approximate surface area is 99.4 Å². The summed E-state index contributed by atoms with van der Waals surface area (Å²) in [5, 5.41) is 14.1. The van der Waals surface area contributed by atoms with E-state index in [0.717, 1.165) is 6.42 Å². The Hall–Kier alpha value is -1.98. The molecule has 0 saturated heterocycles. The van der Waals surface area contributed by atoms with Gasteiger partial charge in [-0.1, -0.05) is 6.92 Å². The Morgan fingerprint density at radius 1 is 1.53 bits per heavy atom. The monoisotopic (exact) mass is 239 g/mol. The van der Waals surface area contributed by atoms with Gasteiger partial charge in [-0.3, -0.25) is 0 Å². The lowest BCUT2D eigenvalue weighted by Crippen LogP contribution is -2.35. The maximum Gasteiger partial charge on any atom is 0.354 e. The summed E-state index contributed by atoms with van der Waals surface area (Å²) in [7, 11) is 0. The predicted molar refractivity (Wildman–Crippen MR) is 64.4 cm³/mol. The average molecular weight is 239 g/mol. The minimum Gasteiger partial charge on any atom is -0.477 e. The first-order chi connectivity index (χ1) is 7.93. The van der Waals surface area contributed by atoms with Crippen molar-refractivity contribution in [2.24, 2.45) is 0 Å². The van der Waals surface area contributed by atoms with Crippen LogP contribution in [-0.4, -0.2) is 28.1 Å². The number of carboxylic acid groups (broad SMARTS) is 1. The van der Waals surface area contributed by atoms with Gasteiger partial charge in [-0.05, 0) is 26.3 Å². The van der Waals surface area contributed by atoms with E-state index in [0.29, 0.717) is 5.69 Å². The van der Waals surface area contributed by atoms with Crippen LogP contribution in [0.4, 0.5) is 10.5 Å². The molecule has 6 heteroatoms. The van der Waals surface area contributed by atoms with Crippen molar-refractivity contribution in [3.8, 4) is 0 Å². The molecule has 0 aliphatic heterocycles. The van der Waals surface area contributed by atoms with E-state index in [1.54, 1.807) is 13.0 Å². The third-order valence-corrected chi connectivity index (χ3v) is 2.40. The summed E-state index contributed by atoms with van der Waals surface area (Å²) < 4.78 is 0. The molecule has 0 radical (unpaired) electrons. The summed E-state index contributed by atoms with van der Waals surface area (Å²) in [6, 6.07) is 1.23. The van der Waals surface area contributed by atoms with Gasteiger partial charge in [0.15, 0.2) is 0 Å². The number of rotatable bonds is 4. The highest BCUT2D eigenvalue weighted by Crippen LogP contribution is 2.16. The van der Waals surface area contributed by atoms with E-state index in [1.807, 2.05) is 13.8 Å². The molecule has 1 heterocycles. The highest BCUT2D eigenvalue weighted by atomic mass is 16.4. The second-order valence-corrected chi connectivity index (χ2v) is 3.95. The van der Waals surface area contributed by atoms with Gasteiger partial charge < -0.3 is 20.7 Å². The van der Waals surface area contributed by atoms with Crippen LogP contribution in [0.1, 0.15) is 36.5 Å². The van der Waals surface area contributed by atoms with Crippen molar-refractivity contribution < 1.29 is 14.7 Å². The number of aromatic carboxylic acids is 1. The van der Waals surface area contributed by atoms with Crippen LogP contribution >= 0.6 is 0 Å². The van der Waals surface area contributed by atoms with E-state index in [-0.39, 0.29) is 17.4 Å². The van der Waals surface area contributed by atoms with Crippen molar-refractivity contribution in [3.63, 3.8) is 0 Å². The molecule has 4 N–H and O–H groups in total. The molecule has 0 saturated carbocycles. The van der Waals surface area contributed by atoms with E-state index in [2.05, 4.69) is 15.6 Å². The first-order valence-corrected chi connectivity index (χ1v) is 5.44. The van der Waals surface area contributed by atoms with E-state index in [1.165, 1.54) is 0 Å². The van der Waals surface area contributed by atoms with E-state index < -0.39 is 12.0 Å². The van der Waals surface area contributed by atoms with Gasteiger partial charge in [0, 0.05) is 11.7 Å². The Kier molecular flexibility index (Phi) is 4.14. The Balaban J connectivity index is 2.74. The molecule has 0 aliphatic rings. The van der Waals surface area contributed by atoms with Crippen LogP contribution in [0.15, 0.2) is 6.07 Å². The lowest BCUT2D eigenvalue weighted by atomic mass is 10.3. The Bertz CT molecular complexity index is 426. The van der Waals surface area contributed by atoms with Gasteiger partial charge in [0.25, 0.3) is 0 Å². The molecule has 1 rings (SSSR count). The molecule has 17 heavy (non-hydrogen) atoms. The minimum atomic E-state index is -1.10. The van der Waals surface area contributed by atoms with Gasteiger partial charge in [0.1, 0.15) is 5.69 Å². The first kappa shape index (κ1) is 13.1. The number of aromatic amines is 1. The van der Waals surface area contributed by atoms with E-state index in [4.69, 9.17) is 5.11 Å². The standard InChI is InChI=1S/C11H17N3O3/c1-4-6(2)13-11(17)14-8-5-7(3)12-9(8)10(15)16/h5-6,12H,4H2,1-3H3,(H,15,16)(H2,13,14,17). The first-order valence-electron chi connectivity index (χ1n) is 5.44.